The van der Waals surface area contributed by atoms with E-state index in [1.165, 1.54) is 0 Å². The predicted octanol–water partition coefficient (Wildman–Crippen LogP) is 3.11. The first-order valence-electron chi connectivity index (χ1n) is 7.16. The molecule has 2 atom stereocenters. The molecule has 23 heavy (non-hydrogen) atoms. The van der Waals surface area contributed by atoms with Gasteiger partial charge in [0.1, 0.15) is 0 Å². The molecule has 0 saturated carbocycles. The number of alkyl halides is 3. The van der Waals surface area contributed by atoms with Gasteiger partial charge in [-0.1, -0.05) is 11.6 Å². The summed E-state index contributed by atoms with van der Waals surface area (Å²) in [7, 11) is -4.26. The highest BCUT2D eigenvalue weighted by atomic mass is 35.5. The Morgan fingerprint density at radius 3 is 2.61 bits per heavy atom. The second-order valence-corrected chi connectivity index (χ2v) is 8.11. The maximum Gasteiger partial charge on any atom is 0.417 e. The summed E-state index contributed by atoms with van der Waals surface area (Å²) in [5.74, 6) is -0.0693. The summed E-state index contributed by atoms with van der Waals surface area (Å²) in [4.78, 5) is -0.764. The molecule has 1 aromatic rings. The number of rotatable bonds is 3. The molecule has 1 aromatic carbocycles. The molecule has 0 amide bonds. The van der Waals surface area contributed by atoms with Crippen LogP contribution in [0.15, 0.2) is 23.1 Å². The van der Waals surface area contributed by atoms with E-state index < -0.39 is 26.7 Å². The molecule has 9 heteroatoms. The maximum absolute atomic E-state index is 13.2. The average molecular weight is 371 g/mol. The molecule has 130 valence electrons. The van der Waals surface area contributed by atoms with Gasteiger partial charge in [0.2, 0.25) is 10.0 Å². The zero-order chi connectivity index (χ0) is 17.4. The molecule has 2 rings (SSSR count). The highest BCUT2D eigenvalue weighted by Crippen LogP contribution is 2.37. The van der Waals surface area contributed by atoms with Crippen molar-refractivity contribution in [2.45, 2.75) is 36.9 Å². The van der Waals surface area contributed by atoms with Crippen molar-refractivity contribution >= 4 is 21.6 Å². The molecular weight excluding hydrogens is 353 g/mol. The maximum atomic E-state index is 13.2. The largest absolute Gasteiger partial charge is 0.417 e. The molecule has 0 aliphatic carbocycles. The molecule has 0 spiro atoms. The fourth-order valence-electron chi connectivity index (χ4n) is 2.71. The van der Waals surface area contributed by atoms with E-state index in [4.69, 9.17) is 17.3 Å². The van der Waals surface area contributed by atoms with Gasteiger partial charge in [-0.2, -0.15) is 17.5 Å². The Hall–Kier alpha value is -0.830. The van der Waals surface area contributed by atoms with Crippen molar-refractivity contribution in [1.82, 2.24) is 4.31 Å². The van der Waals surface area contributed by atoms with Crippen LogP contribution in [-0.4, -0.2) is 31.9 Å². The molecule has 0 aromatic heterocycles. The van der Waals surface area contributed by atoms with E-state index in [1.807, 2.05) is 0 Å². The minimum Gasteiger partial charge on any atom is -0.328 e. The lowest BCUT2D eigenvalue weighted by atomic mass is 9.93. The van der Waals surface area contributed by atoms with Crippen LogP contribution in [0, 0.1) is 5.92 Å². The van der Waals surface area contributed by atoms with Gasteiger partial charge in [0, 0.05) is 24.2 Å². The highest BCUT2D eigenvalue weighted by molar-refractivity contribution is 7.89. The van der Waals surface area contributed by atoms with Gasteiger partial charge in [-0.3, -0.25) is 0 Å². The first-order chi connectivity index (χ1) is 10.5. The zero-order valence-electron chi connectivity index (χ0n) is 12.5. The molecule has 0 radical (unpaired) electrons. The lowest BCUT2D eigenvalue weighted by Crippen LogP contribution is -2.45. The van der Waals surface area contributed by atoms with Crippen molar-refractivity contribution in [2.75, 3.05) is 13.1 Å². The van der Waals surface area contributed by atoms with Crippen molar-refractivity contribution < 1.29 is 21.6 Å². The van der Waals surface area contributed by atoms with E-state index in [0.29, 0.717) is 12.5 Å². The number of nitrogens with zero attached hydrogens (tertiary/aromatic N) is 1. The molecule has 1 heterocycles. The Kier molecular flexibility index (Phi) is 5.30. The van der Waals surface area contributed by atoms with Crippen LogP contribution in [-0.2, 0) is 16.2 Å². The summed E-state index contributed by atoms with van der Waals surface area (Å²) in [6.45, 7) is 2.08. The molecule has 2 unspecified atom stereocenters. The summed E-state index contributed by atoms with van der Waals surface area (Å²) >= 11 is 5.60. The van der Waals surface area contributed by atoms with Crippen LogP contribution in [0.1, 0.15) is 25.3 Å². The van der Waals surface area contributed by atoms with E-state index >= 15 is 0 Å². The van der Waals surface area contributed by atoms with Crippen molar-refractivity contribution in [2.24, 2.45) is 11.7 Å². The molecular formula is C14H18ClF3N2O2S. The van der Waals surface area contributed by atoms with Crippen LogP contribution >= 0.6 is 11.6 Å². The molecule has 1 aliphatic rings. The number of benzene rings is 1. The molecule has 1 saturated heterocycles. The number of sulfonamides is 1. The Morgan fingerprint density at radius 2 is 2.04 bits per heavy atom. The fraction of sp³-hybridized carbons (Fsp3) is 0.571. The van der Waals surface area contributed by atoms with Crippen LogP contribution in [0.3, 0.4) is 0 Å². The van der Waals surface area contributed by atoms with E-state index in [9.17, 15) is 21.6 Å². The fourth-order valence-corrected chi connectivity index (χ4v) is 4.61. The third kappa shape index (κ3) is 3.99. The Balaban J connectivity index is 2.44. The van der Waals surface area contributed by atoms with Crippen LogP contribution < -0.4 is 5.73 Å². The number of nitrogens with two attached hydrogens (primary N) is 1. The Morgan fingerprint density at radius 1 is 1.39 bits per heavy atom. The van der Waals surface area contributed by atoms with E-state index in [2.05, 4.69) is 0 Å². The standard InChI is InChI=1S/C14H18ClF3N2O2S/c1-9(19)10-3-2-6-20(8-10)23(21,22)13-5-4-11(15)7-12(13)14(16,17)18/h4-5,7,9-10H,2-3,6,8,19H2,1H3. The van der Waals surface area contributed by atoms with E-state index in [-0.39, 0.29) is 30.1 Å². The van der Waals surface area contributed by atoms with E-state index in [0.717, 1.165) is 22.9 Å². The van der Waals surface area contributed by atoms with Crippen molar-refractivity contribution in [3.63, 3.8) is 0 Å². The second-order valence-electron chi connectivity index (χ2n) is 5.76. The average Bonchev–Trinajstić information content (AvgIpc) is 2.46. The molecule has 2 N–H and O–H groups in total. The van der Waals surface area contributed by atoms with Crippen LogP contribution in [0.4, 0.5) is 13.2 Å². The summed E-state index contributed by atoms with van der Waals surface area (Å²) in [6.07, 6.45) is -3.47. The van der Waals surface area contributed by atoms with Crippen LogP contribution in [0.5, 0.6) is 0 Å². The van der Waals surface area contributed by atoms with Gasteiger partial charge in [0.05, 0.1) is 10.5 Å². The summed E-state index contributed by atoms with van der Waals surface area (Å²) in [6, 6.07) is 2.48. The van der Waals surface area contributed by atoms with Gasteiger partial charge in [-0.05, 0) is 43.9 Å². The lowest BCUT2D eigenvalue weighted by molar-refractivity contribution is -0.139. The first-order valence-corrected chi connectivity index (χ1v) is 8.97. The van der Waals surface area contributed by atoms with Gasteiger partial charge in [0.25, 0.3) is 0 Å². The third-order valence-electron chi connectivity index (χ3n) is 4.03. The highest BCUT2D eigenvalue weighted by Gasteiger charge is 2.40. The van der Waals surface area contributed by atoms with Gasteiger partial charge < -0.3 is 5.73 Å². The van der Waals surface area contributed by atoms with E-state index in [1.54, 1.807) is 6.92 Å². The van der Waals surface area contributed by atoms with Crippen molar-refractivity contribution in [3.8, 4) is 0 Å². The minimum absolute atomic E-state index is 0.0693. The summed E-state index contributed by atoms with van der Waals surface area (Å²) < 4.78 is 65.9. The Bertz CT molecular complexity index is 677. The summed E-state index contributed by atoms with van der Waals surface area (Å²) in [5.41, 5.74) is 4.57. The molecule has 1 aliphatic heterocycles. The first kappa shape index (κ1) is 18.5. The number of halogens is 4. The number of piperidine rings is 1. The quantitative estimate of drug-likeness (QED) is 0.889. The topological polar surface area (TPSA) is 63.4 Å². The monoisotopic (exact) mass is 370 g/mol. The van der Waals surface area contributed by atoms with Gasteiger partial charge in [-0.25, -0.2) is 8.42 Å². The molecule has 4 nitrogen and oxygen atoms in total. The lowest BCUT2D eigenvalue weighted by Gasteiger charge is -2.34. The Labute approximate surface area is 138 Å². The van der Waals surface area contributed by atoms with Gasteiger partial charge in [-0.15, -0.1) is 0 Å². The predicted molar refractivity (Wildman–Crippen MR) is 81.6 cm³/mol. The molecule has 0 bridgehead atoms. The number of hydrogen-bond acceptors (Lipinski definition) is 3. The van der Waals surface area contributed by atoms with Gasteiger partial charge >= 0.3 is 6.18 Å². The van der Waals surface area contributed by atoms with Crippen molar-refractivity contribution in [3.05, 3.63) is 28.8 Å². The van der Waals surface area contributed by atoms with Crippen LogP contribution in [0.2, 0.25) is 5.02 Å². The van der Waals surface area contributed by atoms with Gasteiger partial charge in [0.15, 0.2) is 0 Å². The normalized spacial score (nSPS) is 22.1. The zero-order valence-corrected chi connectivity index (χ0v) is 14.0. The third-order valence-corrected chi connectivity index (χ3v) is 6.19. The molecule has 1 fully saturated rings. The minimum atomic E-state index is -4.80. The summed E-state index contributed by atoms with van der Waals surface area (Å²) in [5, 5.41) is -0.164. The van der Waals surface area contributed by atoms with Crippen molar-refractivity contribution in [1.29, 1.82) is 0 Å². The smallest absolute Gasteiger partial charge is 0.328 e. The SMILES string of the molecule is CC(N)C1CCCN(S(=O)(=O)c2ccc(Cl)cc2C(F)(F)F)C1. The van der Waals surface area contributed by atoms with Crippen LogP contribution in [0.25, 0.3) is 0 Å². The number of hydrogen-bond donors (Lipinski definition) is 1. The second kappa shape index (κ2) is 6.58.